The van der Waals surface area contributed by atoms with Crippen molar-refractivity contribution in [2.24, 2.45) is 5.92 Å². The van der Waals surface area contributed by atoms with Gasteiger partial charge in [0.2, 0.25) is 21.8 Å². The molecule has 9 heteroatoms. The highest BCUT2D eigenvalue weighted by Crippen LogP contribution is 2.23. The molecule has 3 rings (SSSR count). The van der Waals surface area contributed by atoms with Crippen LogP contribution in [0.5, 0.6) is 5.75 Å². The van der Waals surface area contributed by atoms with E-state index >= 15 is 0 Å². The SMILES string of the molecule is CCOc1ccc(N(CC(=O)N(Cc2ccccc2)[C@H](Cc2ccccc2)C(=O)NCC(C)C)S(C)(=O)=O)cc1. The molecule has 8 nitrogen and oxygen atoms in total. The van der Waals surface area contributed by atoms with E-state index in [2.05, 4.69) is 5.32 Å². The summed E-state index contributed by atoms with van der Waals surface area (Å²) in [7, 11) is -3.83. The Bertz CT molecular complexity index is 1330. The molecule has 0 bridgehead atoms. The average molecular weight is 566 g/mol. The average Bonchev–Trinajstić information content (AvgIpc) is 2.93. The van der Waals surface area contributed by atoms with Crippen molar-refractivity contribution in [3.63, 3.8) is 0 Å². The predicted octanol–water partition coefficient (Wildman–Crippen LogP) is 4.26. The maximum Gasteiger partial charge on any atom is 0.244 e. The van der Waals surface area contributed by atoms with Crippen LogP contribution < -0.4 is 14.4 Å². The number of carbonyl (C=O) groups excluding carboxylic acids is 2. The van der Waals surface area contributed by atoms with Crippen molar-refractivity contribution >= 4 is 27.5 Å². The minimum atomic E-state index is -3.83. The Balaban J connectivity index is 2.00. The summed E-state index contributed by atoms with van der Waals surface area (Å²) in [5.74, 6) is 0.0547. The number of anilines is 1. The lowest BCUT2D eigenvalue weighted by molar-refractivity contribution is -0.140. The smallest absolute Gasteiger partial charge is 0.244 e. The highest BCUT2D eigenvalue weighted by Gasteiger charge is 2.33. The molecule has 0 unspecified atom stereocenters. The number of benzene rings is 3. The van der Waals surface area contributed by atoms with Crippen LogP contribution in [0, 0.1) is 5.92 Å². The van der Waals surface area contributed by atoms with Crippen molar-refractivity contribution in [1.82, 2.24) is 10.2 Å². The Morgan fingerprint density at radius 1 is 0.875 bits per heavy atom. The zero-order chi connectivity index (χ0) is 29.1. The fourth-order valence-electron chi connectivity index (χ4n) is 4.25. The maximum absolute atomic E-state index is 14.0. The second-order valence-corrected chi connectivity index (χ2v) is 12.0. The number of rotatable bonds is 14. The Labute approximate surface area is 238 Å². The molecule has 40 heavy (non-hydrogen) atoms. The fourth-order valence-corrected chi connectivity index (χ4v) is 5.10. The Morgan fingerprint density at radius 3 is 1.98 bits per heavy atom. The van der Waals surface area contributed by atoms with E-state index in [0.717, 1.165) is 21.7 Å². The zero-order valence-corrected chi connectivity index (χ0v) is 24.4. The van der Waals surface area contributed by atoms with Gasteiger partial charge < -0.3 is 15.0 Å². The summed E-state index contributed by atoms with van der Waals surface area (Å²) in [6, 6.07) is 24.6. The number of hydrogen-bond acceptors (Lipinski definition) is 5. The van der Waals surface area contributed by atoms with Gasteiger partial charge in [-0.3, -0.25) is 13.9 Å². The predicted molar refractivity (Wildman–Crippen MR) is 159 cm³/mol. The van der Waals surface area contributed by atoms with E-state index in [4.69, 9.17) is 4.74 Å². The van der Waals surface area contributed by atoms with Crippen LogP contribution >= 0.6 is 0 Å². The van der Waals surface area contributed by atoms with Gasteiger partial charge in [-0.15, -0.1) is 0 Å². The molecule has 3 aromatic carbocycles. The summed E-state index contributed by atoms with van der Waals surface area (Å²) in [6.45, 7) is 6.48. The second kappa shape index (κ2) is 14.5. The molecule has 0 heterocycles. The van der Waals surface area contributed by atoms with E-state index in [1.165, 1.54) is 4.90 Å². The molecule has 0 fully saturated rings. The number of nitrogens with zero attached hydrogens (tertiary/aromatic N) is 2. The molecule has 2 amide bonds. The van der Waals surface area contributed by atoms with Crippen LogP contribution in [-0.4, -0.2) is 57.1 Å². The maximum atomic E-state index is 14.0. The third kappa shape index (κ3) is 9.12. The van der Waals surface area contributed by atoms with Crippen molar-refractivity contribution < 1.29 is 22.7 Å². The topological polar surface area (TPSA) is 96.0 Å². The third-order valence-corrected chi connectivity index (χ3v) is 7.41. The molecule has 1 atom stereocenters. The minimum Gasteiger partial charge on any atom is -0.494 e. The molecule has 0 radical (unpaired) electrons. The van der Waals surface area contributed by atoms with Crippen molar-refractivity contribution in [2.45, 2.75) is 39.8 Å². The van der Waals surface area contributed by atoms with Crippen LogP contribution in [0.3, 0.4) is 0 Å². The highest BCUT2D eigenvalue weighted by atomic mass is 32.2. The van der Waals surface area contributed by atoms with Crippen LogP contribution in [0.4, 0.5) is 5.69 Å². The first-order chi connectivity index (χ1) is 19.1. The van der Waals surface area contributed by atoms with E-state index in [-0.39, 0.29) is 24.8 Å². The zero-order valence-electron chi connectivity index (χ0n) is 23.6. The second-order valence-electron chi connectivity index (χ2n) is 10.0. The molecule has 3 aromatic rings. The molecular formula is C31H39N3O5S. The first kappa shape index (κ1) is 30.7. The fraction of sp³-hybridized carbons (Fsp3) is 0.355. The quantitative estimate of drug-likeness (QED) is 0.315. The van der Waals surface area contributed by atoms with Gasteiger partial charge in [-0.05, 0) is 48.2 Å². The van der Waals surface area contributed by atoms with E-state index < -0.39 is 28.5 Å². The van der Waals surface area contributed by atoms with Gasteiger partial charge in [0.1, 0.15) is 18.3 Å². The first-order valence-corrected chi connectivity index (χ1v) is 15.3. The lowest BCUT2D eigenvalue weighted by Gasteiger charge is -2.33. The van der Waals surface area contributed by atoms with Gasteiger partial charge in [0.15, 0.2) is 0 Å². The minimum absolute atomic E-state index is 0.146. The Kier molecular flexibility index (Phi) is 11.1. The summed E-state index contributed by atoms with van der Waals surface area (Å²) >= 11 is 0. The third-order valence-electron chi connectivity index (χ3n) is 6.27. The van der Waals surface area contributed by atoms with Gasteiger partial charge in [0, 0.05) is 19.5 Å². The van der Waals surface area contributed by atoms with Gasteiger partial charge in [-0.1, -0.05) is 74.5 Å². The molecule has 0 aliphatic rings. The molecule has 0 spiro atoms. The summed E-state index contributed by atoms with van der Waals surface area (Å²) in [6.07, 6.45) is 1.35. The van der Waals surface area contributed by atoms with Crippen LogP contribution in [-0.2, 0) is 32.6 Å². The first-order valence-electron chi connectivity index (χ1n) is 13.4. The Hall–Kier alpha value is -3.85. The molecule has 0 aliphatic heterocycles. The van der Waals surface area contributed by atoms with Crippen molar-refractivity contribution in [2.75, 3.05) is 30.3 Å². The number of hydrogen-bond donors (Lipinski definition) is 1. The normalized spacial score (nSPS) is 12.0. The summed E-state index contributed by atoms with van der Waals surface area (Å²) in [4.78, 5) is 29.1. The van der Waals surface area contributed by atoms with Crippen LogP contribution in [0.25, 0.3) is 0 Å². The van der Waals surface area contributed by atoms with Gasteiger partial charge >= 0.3 is 0 Å². The van der Waals surface area contributed by atoms with Crippen molar-refractivity contribution in [3.8, 4) is 5.75 Å². The largest absolute Gasteiger partial charge is 0.494 e. The van der Waals surface area contributed by atoms with Crippen LogP contribution in [0.15, 0.2) is 84.9 Å². The van der Waals surface area contributed by atoms with Gasteiger partial charge in [-0.25, -0.2) is 8.42 Å². The Morgan fingerprint density at radius 2 is 1.45 bits per heavy atom. The lowest BCUT2D eigenvalue weighted by Crippen LogP contribution is -2.53. The van der Waals surface area contributed by atoms with Crippen LogP contribution in [0.1, 0.15) is 31.9 Å². The molecule has 1 N–H and O–H groups in total. The van der Waals surface area contributed by atoms with Crippen molar-refractivity contribution in [3.05, 3.63) is 96.1 Å². The molecular weight excluding hydrogens is 526 g/mol. The number of amides is 2. The van der Waals surface area contributed by atoms with Crippen LogP contribution in [0.2, 0.25) is 0 Å². The monoisotopic (exact) mass is 565 g/mol. The van der Waals surface area contributed by atoms with E-state index in [9.17, 15) is 18.0 Å². The highest BCUT2D eigenvalue weighted by molar-refractivity contribution is 7.92. The van der Waals surface area contributed by atoms with Gasteiger partial charge in [0.25, 0.3) is 0 Å². The summed E-state index contributed by atoms with van der Waals surface area (Å²) in [5.41, 5.74) is 2.06. The number of sulfonamides is 1. The molecule has 0 saturated carbocycles. The van der Waals surface area contributed by atoms with E-state index in [1.807, 2.05) is 81.4 Å². The van der Waals surface area contributed by atoms with E-state index in [0.29, 0.717) is 24.6 Å². The van der Waals surface area contributed by atoms with Gasteiger partial charge in [0.05, 0.1) is 18.6 Å². The number of nitrogens with one attached hydrogen (secondary N) is 1. The molecule has 0 aliphatic carbocycles. The lowest BCUT2D eigenvalue weighted by atomic mass is 10.0. The summed E-state index contributed by atoms with van der Waals surface area (Å²) in [5, 5.41) is 2.98. The molecule has 0 aromatic heterocycles. The summed E-state index contributed by atoms with van der Waals surface area (Å²) < 4.78 is 32.3. The molecule has 214 valence electrons. The van der Waals surface area contributed by atoms with E-state index in [1.54, 1.807) is 24.3 Å². The number of carbonyl (C=O) groups is 2. The standard InChI is InChI=1S/C31H39N3O5S/c1-5-39-28-18-16-27(17-19-28)34(40(4,37)38)23-30(35)33(22-26-14-10-7-11-15-26)29(31(36)32-21-24(2)3)20-25-12-8-6-9-13-25/h6-19,24,29H,5,20-23H2,1-4H3,(H,32,36)/t29-/m1/s1. The number of ether oxygens (including phenoxy) is 1. The van der Waals surface area contributed by atoms with Gasteiger partial charge in [-0.2, -0.15) is 0 Å². The molecule has 0 saturated heterocycles. The van der Waals surface area contributed by atoms with Crippen molar-refractivity contribution in [1.29, 1.82) is 0 Å².